The van der Waals surface area contributed by atoms with Crippen LogP contribution < -0.4 is 5.32 Å². The maximum atomic E-state index is 12.1. The molecule has 1 saturated heterocycles. The SMILES string of the molecule is O=C(O)C1CSCCN1C(=O)Nc1ccc(Br)cc1. The second kappa shape index (κ2) is 6.29. The van der Waals surface area contributed by atoms with Gasteiger partial charge < -0.3 is 15.3 Å². The first-order chi connectivity index (χ1) is 9.08. The van der Waals surface area contributed by atoms with Crippen LogP contribution in [0.5, 0.6) is 0 Å². The lowest BCUT2D eigenvalue weighted by molar-refractivity contribution is -0.141. The zero-order chi connectivity index (χ0) is 13.8. The fourth-order valence-corrected chi connectivity index (χ4v) is 3.08. The number of nitrogens with zero attached hydrogens (tertiary/aromatic N) is 1. The highest BCUT2D eigenvalue weighted by atomic mass is 79.9. The van der Waals surface area contributed by atoms with Crippen LogP contribution in [0.2, 0.25) is 0 Å². The maximum absolute atomic E-state index is 12.1. The second-order valence-electron chi connectivity index (χ2n) is 4.06. The van der Waals surface area contributed by atoms with E-state index in [0.717, 1.165) is 10.2 Å². The molecule has 1 aliphatic rings. The minimum absolute atomic E-state index is 0.366. The van der Waals surface area contributed by atoms with E-state index in [4.69, 9.17) is 5.11 Å². The average Bonchev–Trinajstić information content (AvgIpc) is 2.41. The molecule has 0 aromatic heterocycles. The van der Waals surface area contributed by atoms with Gasteiger partial charge in [-0.15, -0.1) is 0 Å². The average molecular weight is 345 g/mol. The molecule has 0 bridgehead atoms. The van der Waals surface area contributed by atoms with E-state index < -0.39 is 12.0 Å². The van der Waals surface area contributed by atoms with E-state index in [2.05, 4.69) is 21.2 Å². The molecule has 1 aromatic carbocycles. The molecule has 1 atom stereocenters. The lowest BCUT2D eigenvalue weighted by Gasteiger charge is -2.32. The molecule has 1 aromatic rings. The number of rotatable bonds is 2. The fourth-order valence-electron chi connectivity index (χ4n) is 1.78. The Morgan fingerprint density at radius 2 is 2.05 bits per heavy atom. The number of carbonyl (C=O) groups is 2. The van der Waals surface area contributed by atoms with Gasteiger partial charge in [0.1, 0.15) is 6.04 Å². The third-order valence-corrected chi connectivity index (χ3v) is 4.32. The number of urea groups is 1. The summed E-state index contributed by atoms with van der Waals surface area (Å²) in [4.78, 5) is 24.6. The number of carboxylic acid groups (broad SMARTS) is 1. The smallest absolute Gasteiger partial charge is 0.327 e. The van der Waals surface area contributed by atoms with Crippen molar-refractivity contribution in [1.82, 2.24) is 4.90 Å². The van der Waals surface area contributed by atoms with Gasteiger partial charge in [0.05, 0.1) is 0 Å². The second-order valence-corrected chi connectivity index (χ2v) is 6.12. The molecule has 0 saturated carbocycles. The third kappa shape index (κ3) is 3.63. The summed E-state index contributed by atoms with van der Waals surface area (Å²) in [5, 5.41) is 11.8. The molecule has 0 aliphatic carbocycles. The summed E-state index contributed by atoms with van der Waals surface area (Å²) >= 11 is 4.87. The number of hydrogen-bond acceptors (Lipinski definition) is 3. The molecule has 2 N–H and O–H groups in total. The van der Waals surface area contributed by atoms with Crippen molar-refractivity contribution in [1.29, 1.82) is 0 Å². The predicted octanol–water partition coefficient (Wildman–Crippen LogP) is 2.48. The van der Waals surface area contributed by atoms with Crippen LogP contribution in [0.4, 0.5) is 10.5 Å². The lowest BCUT2D eigenvalue weighted by Crippen LogP contribution is -2.51. The summed E-state index contributed by atoms with van der Waals surface area (Å²) in [7, 11) is 0. The van der Waals surface area contributed by atoms with Gasteiger partial charge in [-0.05, 0) is 24.3 Å². The Morgan fingerprint density at radius 1 is 1.37 bits per heavy atom. The van der Waals surface area contributed by atoms with Crippen LogP contribution in [0.1, 0.15) is 0 Å². The van der Waals surface area contributed by atoms with Crippen molar-refractivity contribution >= 4 is 45.4 Å². The highest BCUT2D eigenvalue weighted by Gasteiger charge is 2.32. The number of carbonyl (C=O) groups excluding carboxylic acids is 1. The van der Waals surface area contributed by atoms with E-state index in [1.54, 1.807) is 23.9 Å². The van der Waals surface area contributed by atoms with Gasteiger partial charge >= 0.3 is 12.0 Å². The molecule has 19 heavy (non-hydrogen) atoms. The number of hydrogen-bond donors (Lipinski definition) is 2. The zero-order valence-electron chi connectivity index (χ0n) is 10.0. The summed E-state index contributed by atoms with van der Waals surface area (Å²) in [6, 6.07) is 6.03. The van der Waals surface area contributed by atoms with Crippen molar-refractivity contribution in [3.63, 3.8) is 0 Å². The number of thioether (sulfide) groups is 1. The summed E-state index contributed by atoms with van der Waals surface area (Å²) in [5.41, 5.74) is 0.649. The summed E-state index contributed by atoms with van der Waals surface area (Å²) < 4.78 is 0.920. The first-order valence-corrected chi connectivity index (χ1v) is 7.66. The van der Waals surface area contributed by atoms with Gasteiger partial charge in [0.15, 0.2) is 0 Å². The molecule has 102 valence electrons. The van der Waals surface area contributed by atoms with E-state index >= 15 is 0 Å². The Balaban J connectivity index is 2.05. The van der Waals surface area contributed by atoms with Crippen molar-refractivity contribution < 1.29 is 14.7 Å². The van der Waals surface area contributed by atoms with Gasteiger partial charge in [-0.25, -0.2) is 9.59 Å². The molecule has 5 nitrogen and oxygen atoms in total. The van der Waals surface area contributed by atoms with Gasteiger partial charge in [0, 0.05) is 28.2 Å². The topological polar surface area (TPSA) is 69.6 Å². The number of benzene rings is 1. The van der Waals surface area contributed by atoms with Crippen LogP contribution in [0, 0.1) is 0 Å². The Bertz CT molecular complexity index is 480. The predicted molar refractivity (Wildman–Crippen MR) is 78.6 cm³/mol. The molecule has 0 radical (unpaired) electrons. The minimum atomic E-state index is -0.960. The molecule has 0 spiro atoms. The first-order valence-electron chi connectivity index (χ1n) is 5.71. The van der Waals surface area contributed by atoms with Crippen LogP contribution in [0.3, 0.4) is 0 Å². The molecule has 1 heterocycles. The van der Waals surface area contributed by atoms with Crippen molar-refractivity contribution in [2.45, 2.75) is 6.04 Å². The number of nitrogens with one attached hydrogen (secondary N) is 1. The number of aliphatic carboxylic acids is 1. The van der Waals surface area contributed by atoms with Gasteiger partial charge in [-0.3, -0.25) is 0 Å². The Labute approximate surface area is 123 Å². The monoisotopic (exact) mass is 344 g/mol. The van der Waals surface area contributed by atoms with Gasteiger partial charge in [0.2, 0.25) is 0 Å². The van der Waals surface area contributed by atoms with Crippen molar-refractivity contribution in [3.8, 4) is 0 Å². The fraction of sp³-hybridized carbons (Fsp3) is 0.333. The van der Waals surface area contributed by atoms with Gasteiger partial charge in [0.25, 0.3) is 0 Å². The van der Waals surface area contributed by atoms with Crippen molar-refractivity contribution in [3.05, 3.63) is 28.7 Å². The van der Waals surface area contributed by atoms with E-state index in [-0.39, 0.29) is 6.03 Å². The quantitative estimate of drug-likeness (QED) is 0.864. The van der Waals surface area contributed by atoms with E-state index in [1.807, 2.05) is 12.1 Å². The molecular formula is C12H13BrN2O3S. The first kappa shape index (κ1) is 14.2. The molecule has 7 heteroatoms. The third-order valence-electron chi connectivity index (χ3n) is 2.77. The van der Waals surface area contributed by atoms with Gasteiger partial charge in [-0.1, -0.05) is 15.9 Å². The molecule has 2 amide bonds. The number of carboxylic acids is 1. The maximum Gasteiger partial charge on any atom is 0.327 e. The standard InChI is InChI=1S/C12H13BrN2O3S/c13-8-1-3-9(4-2-8)14-12(18)15-5-6-19-7-10(15)11(16)17/h1-4,10H,5-7H2,(H,14,18)(H,16,17). The number of anilines is 1. The van der Waals surface area contributed by atoms with E-state index in [0.29, 0.717) is 18.0 Å². The Morgan fingerprint density at radius 3 is 2.68 bits per heavy atom. The van der Waals surface area contributed by atoms with Crippen molar-refractivity contribution in [2.75, 3.05) is 23.4 Å². The van der Waals surface area contributed by atoms with Crippen LogP contribution >= 0.6 is 27.7 Å². The highest BCUT2D eigenvalue weighted by molar-refractivity contribution is 9.10. The zero-order valence-corrected chi connectivity index (χ0v) is 12.4. The van der Waals surface area contributed by atoms with Gasteiger partial charge in [-0.2, -0.15) is 11.8 Å². The Kier molecular flexibility index (Phi) is 4.71. The van der Waals surface area contributed by atoms with Crippen LogP contribution in [-0.4, -0.2) is 46.1 Å². The lowest BCUT2D eigenvalue weighted by atomic mass is 10.3. The molecule has 1 unspecified atom stereocenters. The van der Waals surface area contributed by atoms with E-state index in [1.165, 1.54) is 4.90 Å². The molecule has 1 fully saturated rings. The molecule has 1 aliphatic heterocycles. The highest BCUT2D eigenvalue weighted by Crippen LogP contribution is 2.19. The summed E-state index contributed by atoms with van der Waals surface area (Å²) in [5.74, 6) is 0.235. The molecular weight excluding hydrogens is 332 g/mol. The van der Waals surface area contributed by atoms with Crippen LogP contribution in [0.15, 0.2) is 28.7 Å². The number of amides is 2. The largest absolute Gasteiger partial charge is 0.480 e. The van der Waals surface area contributed by atoms with Crippen molar-refractivity contribution in [2.24, 2.45) is 0 Å². The number of halogens is 1. The molecule has 2 rings (SSSR count). The van der Waals surface area contributed by atoms with Crippen LogP contribution in [0.25, 0.3) is 0 Å². The minimum Gasteiger partial charge on any atom is -0.480 e. The van der Waals surface area contributed by atoms with E-state index in [9.17, 15) is 9.59 Å². The summed E-state index contributed by atoms with van der Waals surface area (Å²) in [6.07, 6.45) is 0. The Hall–Kier alpha value is -1.21. The summed E-state index contributed by atoms with van der Waals surface area (Å²) in [6.45, 7) is 0.448. The van der Waals surface area contributed by atoms with Crippen LogP contribution in [-0.2, 0) is 4.79 Å². The normalized spacial score (nSPS) is 19.0.